The van der Waals surface area contributed by atoms with E-state index in [1.807, 2.05) is 19.9 Å². The largest absolute Gasteiger partial charge is 0.356 e. The first kappa shape index (κ1) is 17.9. The Bertz CT molecular complexity index is 503. The monoisotopic (exact) mass is 308 g/mol. The molecule has 0 saturated carbocycles. The fraction of sp³-hybridized carbons (Fsp3) is 0.500. The molecular weight excluding hydrogens is 283 g/mol. The molecule has 122 valence electrons. The Hall–Kier alpha value is -2.11. The molecule has 0 spiro atoms. The van der Waals surface area contributed by atoms with E-state index < -0.39 is 0 Å². The predicted molar refractivity (Wildman–Crippen MR) is 87.3 cm³/mol. The van der Waals surface area contributed by atoms with Crippen molar-refractivity contribution >= 4 is 11.9 Å². The van der Waals surface area contributed by atoms with Crippen LogP contribution in [0.3, 0.4) is 0 Å². The topological polar surface area (TPSA) is 65.5 Å². The molecule has 0 aliphatic heterocycles. The number of rotatable bonds is 7. The van der Waals surface area contributed by atoms with Gasteiger partial charge in [0.25, 0.3) is 0 Å². The lowest BCUT2D eigenvalue weighted by atomic mass is 10.1. The van der Waals surface area contributed by atoms with Crippen LogP contribution in [0.5, 0.6) is 0 Å². The van der Waals surface area contributed by atoms with Gasteiger partial charge in [-0.1, -0.05) is 26.0 Å². The van der Waals surface area contributed by atoms with E-state index in [-0.39, 0.29) is 17.6 Å². The number of nitrogens with one attached hydrogen (secondary N) is 3. The van der Waals surface area contributed by atoms with Crippen molar-refractivity contribution < 1.29 is 9.18 Å². The highest BCUT2D eigenvalue weighted by atomic mass is 19.1. The Labute approximate surface area is 131 Å². The molecular formula is C16H25FN4O. The van der Waals surface area contributed by atoms with Crippen molar-refractivity contribution in [2.75, 3.05) is 26.7 Å². The molecule has 0 aromatic heterocycles. The van der Waals surface area contributed by atoms with E-state index >= 15 is 0 Å². The summed E-state index contributed by atoms with van der Waals surface area (Å²) in [5, 5.41) is 9.09. The average Bonchev–Trinajstić information content (AvgIpc) is 2.49. The molecule has 5 nitrogen and oxygen atoms in total. The van der Waals surface area contributed by atoms with Gasteiger partial charge >= 0.3 is 0 Å². The number of amides is 1. The lowest BCUT2D eigenvalue weighted by Crippen LogP contribution is -2.42. The number of halogens is 1. The molecule has 0 fully saturated rings. The Morgan fingerprint density at radius 2 is 1.86 bits per heavy atom. The van der Waals surface area contributed by atoms with Crippen LogP contribution in [0, 0.1) is 11.7 Å². The second-order valence-corrected chi connectivity index (χ2v) is 5.25. The lowest BCUT2D eigenvalue weighted by molar-refractivity contribution is -0.123. The van der Waals surface area contributed by atoms with Crippen molar-refractivity contribution in [1.82, 2.24) is 16.0 Å². The smallest absolute Gasteiger partial charge is 0.222 e. The zero-order valence-corrected chi connectivity index (χ0v) is 13.4. The highest BCUT2D eigenvalue weighted by molar-refractivity contribution is 5.80. The minimum atomic E-state index is -0.221. The molecule has 1 aromatic rings. The molecule has 0 aliphatic carbocycles. The molecule has 1 rings (SSSR count). The van der Waals surface area contributed by atoms with Crippen LogP contribution >= 0.6 is 0 Å². The molecule has 0 radical (unpaired) electrons. The highest BCUT2D eigenvalue weighted by Gasteiger charge is 2.05. The fourth-order valence-electron chi connectivity index (χ4n) is 1.81. The third-order valence-electron chi connectivity index (χ3n) is 3.06. The number of carbonyl (C=O) groups is 1. The van der Waals surface area contributed by atoms with Gasteiger partial charge in [0, 0.05) is 32.6 Å². The average molecular weight is 308 g/mol. The van der Waals surface area contributed by atoms with Gasteiger partial charge in [0.15, 0.2) is 5.96 Å². The van der Waals surface area contributed by atoms with E-state index in [0.717, 1.165) is 5.56 Å². The number of guanidine groups is 1. The minimum absolute atomic E-state index is 0.0105. The Morgan fingerprint density at radius 3 is 2.50 bits per heavy atom. The maximum absolute atomic E-state index is 13.1. The molecule has 0 bridgehead atoms. The molecule has 0 atom stereocenters. The van der Waals surface area contributed by atoms with Crippen LogP contribution in [0.4, 0.5) is 4.39 Å². The normalized spacial score (nSPS) is 11.4. The zero-order chi connectivity index (χ0) is 16.4. The van der Waals surface area contributed by atoms with E-state index in [1.54, 1.807) is 13.1 Å². The van der Waals surface area contributed by atoms with Crippen molar-refractivity contribution in [2.24, 2.45) is 10.9 Å². The van der Waals surface area contributed by atoms with Crippen LogP contribution in [-0.2, 0) is 11.2 Å². The number of aliphatic imine (C=N–C) groups is 1. The molecule has 1 amide bonds. The molecule has 0 saturated heterocycles. The van der Waals surface area contributed by atoms with Crippen molar-refractivity contribution in [3.63, 3.8) is 0 Å². The van der Waals surface area contributed by atoms with Gasteiger partial charge in [0.05, 0.1) is 0 Å². The second-order valence-electron chi connectivity index (χ2n) is 5.25. The van der Waals surface area contributed by atoms with Gasteiger partial charge in [0.1, 0.15) is 5.82 Å². The number of hydrogen-bond donors (Lipinski definition) is 3. The van der Waals surface area contributed by atoms with Gasteiger partial charge in [0.2, 0.25) is 5.91 Å². The molecule has 0 heterocycles. The number of nitrogens with zero attached hydrogens (tertiary/aromatic N) is 1. The number of hydrogen-bond acceptors (Lipinski definition) is 2. The van der Waals surface area contributed by atoms with Gasteiger partial charge in [-0.25, -0.2) is 4.39 Å². The van der Waals surface area contributed by atoms with E-state index in [2.05, 4.69) is 20.9 Å². The van der Waals surface area contributed by atoms with E-state index in [9.17, 15) is 9.18 Å². The summed E-state index contributed by atoms with van der Waals surface area (Å²) < 4.78 is 13.1. The van der Waals surface area contributed by atoms with E-state index in [0.29, 0.717) is 32.0 Å². The predicted octanol–water partition coefficient (Wildman–Crippen LogP) is 1.31. The molecule has 1 aromatic carbocycles. The van der Waals surface area contributed by atoms with Crippen LogP contribution in [0.1, 0.15) is 19.4 Å². The second kappa shape index (κ2) is 9.76. The molecule has 22 heavy (non-hydrogen) atoms. The summed E-state index contributed by atoms with van der Waals surface area (Å²) in [6.45, 7) is 5.51. The summed E-state index contributed by atoms with van der Waals surface area (Å²) in [4.78, 5) is 15.5. The summed E-state index contributed by atoms with van der Waals surface area (Å²) in [6, 6.07) is 6.56. The first-order valence-electron chi connectivity index (χ1n) is 7.49. The maximum atomic E-state index is 13.1. The third-order valence-corrected chi connectivity index (χ3v) is 3.06. The summed E-state index contributed by atoms with van der Waals surface area (Å²) in [6.07, 6.45) is 0.711. The van der Waals surface area contributed by atoms with Crippen LogP contribution in [-0.4, -0.2) is 38.5 Å². The zero-order valence-electron chi connectivity index (χ0n) is 13.4. The fourth-order valence-corrected chi connectivity index (χ4v) is 1.81. The summed E-state index contributed by atoms with van der Waals surface area (Å²) in [7, 11) is 1.68. The minimum Gasteiger partial charge on any atom is -0.356 e. The van der Waals surface area contributed by atoms with Gasteiger partial charge in [-0.3, -0.25) is 9.79 Å². The van der Waals surface area contributed by atoms with Gasteiger partial charge in [-0.05, 0) is 24.1 Å². The van der Waals surface area contributed by atoms with Crippen LogP contribution in [0.15, 0.2) is 29.3 Å². The quantitative estimate of drug-likeness (QED) is 0.404. The number of benzene rings is 1. The van der Waals surface area contributed by atoms with Crippen molar-refractivity contribution in [1.29, 1.82) is 0 Å². The summed E-state index contributed by atoms with van der Waals surface area (Å²) >= 11 is 0. The van der Waals surface area contributed by atoms with E-state index in [1.165, 1.54) is 12.1 Å². The summed E-state index contributed by atoms with van der Waals surface area (Å²) in [5.74, 6) is 0.468. The van der Waals surface area contributed by atoms with Gasteiger partial charge < -0.3 is 16.0 Å². The molecule has 0 aliphatic rings. The van der Waals surface area contributed by atoms with Crippen LogP contribution in [0.2, 0.25) is 0 Å². The first-order valence-corrected chi connectivity index (χ1v) is 7.49. The lowest BCUT2D eigenvalue weighted by Gasteiger charge is -2.13. The number of carbonyl (C=O) groups excluding carboxylic acids is 1. The Morgan fingerprint density at radius 1 is 1.18 bits per heavy atom. The standard InChI is InChI=1S/C16H25FN4O/c1-12(2)15(22)19-9-10-21-16(18-3)20-8-7-13-5-4-6-14(17)11-13/h4-6,11-12H,7-10H2,1-3H3,(H,19,22)(H2,18,20,21). The highest BCUT2D eigenvalue weighted by Crippen LogP contribution is 2.03. The first-order chi connectivity index (χ1) is 10.5. The molecule has 6 heteroatoms. The van der Waals surface area contributed by atoms with Crippen LogP contribution < -0.4 is 16.0 Å². The van der Waals surface area contributed by atoms with Crippen molar-refractivity contribution in [3.8, 4) is 0 Å². The van der Waals surface area contributed by atoms with Gasteiger partial charge in [-0.15, -0.1) is 0 Å². The van der Waals surface area contributed by atoms with E-state index in [4.69, 9.17) is 0 Å². The van der Waals surface area contributed by atoms with Crippen LogP contribution in [0.25, 0.3) is 0 Å². The third kappa shape index (κ3) is 7.06. The Kier molecular flexibility index (Phi) is 7.96. The Balaban J connectivity index is 2.21. The SMILES string of the molecule is CN=C(NCCNC(=O)C(C)C)NCCc1cccc(F)c1. The van der Waals surface area contributed by atoms with Crippen molar-refractivity contribution in [3.05, 3.63) is 35.6 Å². The van der Waals surface area contributed by atoms with Gasteiger partial charge in [-0.2, -0.15) is 0 Å². The molecule has 3 N–H and O–H groups in total. The molecule has 0 unspecified atom stereocenters. The maximum Gasteiger partial charge on any atom is 0.222 e. The summed E-state index contributed by atoms with van der Waals surface area (Å²) in [5.41, 5.74) is 0.937. The van der Waals surface area contributed by atoms with Crippen molar-refractivity contribution in [2.45, 2.75) is 20.3 Å².